The summed E-state index contributed by atoms with van der Waals surface area (Å²) in [5.74, 6) is 0.0499. The molecule has 2 aromatic carbocycles. The molecule has 0 radical (unpaired) electrons. The zero-order valence-corrected chi connectivity index (χ0v) is 15.9. The summed E-state index contributed by atoms with van der Waals surface area (Å²) in [6.07, 6.45) is 4.55. The Morgan fingerprint density at radius 3 is 2.25 bits per heavy atom. The summed E-state index contributed by atoms with van der Waals surface area (Å²) in [6.45, 7) is 1.97. The number of Topliss-reactive ketones (excluding diaryl/α,β-unsaturated/α-hetero) is 1. The molecule has 1 aliphatic rings. The molecule has 5 nitrogen and oxygen atoms in total. The van der Waals surface area contributed by atoms with Crippen LogP contribution in [0, 0.1) is 15.9 Å². The Morgan fingerprint density at radius 1 is 1.11 bits per heavy atom. The van der Waals surface area contributed by atoms with Crippen LogP contribution in [-0.2, 0) is 0 Å². The molecule has 0 aromatic heterocycles. The fraction of sp³-hybridized carbons (Fsp3) is 0.409. The number of halogens is 1. The Kier molecular flexibility index (Phi) is 6.52. The standard InChI is InChI=1S/C22H25FN2O3/c1-2-21(22(26)17-3-9-18(23)10-4-17)24-19-11-5-15(6-12-19)16-7-13-20(14-8-16)25(27)28/h3-4,7-10,13-15,19,21,24H,2,5-6,11-12H2,1H3. The van der Waals surface area contributed by atoms with Crippen molar-refractivity contribution in [2.45, 2.75) is 57.0 Å². The van der Waals surface area contributed by atoms with Crippen LogP contribution in [0.4, 0.5) is 10.1 Å². The molecule has 1 N–H and O–H groups in total. The van der Waals surface area contributed by atoms with Gasteiger partial charge in [-0.05, 0) is 67.9 Å². The Bertz CT molecular complexity index is 813. The van der Waals surface area contributed by atoms with Gasteiger partial charge in [0, 0.05) is 23.7 Å². The molecule has 1 fully saturated rings. The molecule has 6 heteroatoms. The summed E-state index contributed by atoms with van der Waals surface area (Å²) in [6, 6.07) is 12.5. The number of nitro benzene ring substituents is 1. The van der Waals surface area contributed by atoms with Crippen LogP contribution in [0.5, 0.6) is 0 Å². The summed E-state index contributed by atoms with van der Waals surface area (Å²) in [4.78, 5) is 23.1. The average molecular weight is 384 g/mol. The van der Waals surface area contributed by atoms with Gasteiger partial charge in [0.1, 0.15) is 5.82 Å². The lowest BCUT2D eigenvalue weighted by atomic mass is 9.81. The molecule has 0 amide bonds. The van der Waals surface area contributed by atoms with E-state index in [0.29, 0.717) is 17.9 Å². The summed E-state index contributed by atoms with van der Waals surface area (Å²) < 4.78 is 13.1. The van der Waals surface area contributed by atoms with E-state index in [9.17, 15) is 19.3 Å². The maximum Gasteiger partial charge on any atom is 0.269 e. The molecule has 0 heterocycles. The van der Waals surface area contributed by atoms with E-state index >= 15 is 0 Å². The van der Waals surface area contributed by atoms with Crippen molar-refractivity contribution >= 4 is 11.5 Å². The topological polar surface area (TPSA) is 72.2 Å². The largest absolute Gasteiger partial charge is 0.304 e. The lowest BCUT2D eigenvalue weighted by Gasteiger charge is -2.32. The number of carbonyl (C=O) groups excluding carboxylic acids is 1. The van der Waals surface area contributed by atoms with Crippen molar-refractivity contribution < 1.29 is 14.1 Å². The minimum Gasteiger partial charge on any atom is -0.304 e. The number of hydrogen-bond donors (Lipinski definition) is 1. The molecular formula is C22H25FN2O3. The van der Waals surface area contributed by atoms with E-state index in [2.05, 4.69) is 5.32 Å². The predicted octanol–water partition coefficient (Wildman–Crippen LogP) is 5.01. The van der Waals surface area contributed by atoms with Gasteiger partial charge >= 0.3 is 0 Å². The number of nitro groups is 1. The lowest BCUT2D eigenvalue weighted by Crippen LogP contribution is -2.44. The third kappa shape index (κ3) is 4.81. The van der Waals surface area contributed by atoms with Crippen LogP contribution in [0.25, 0.3) is 0 Å². The summed E-state index contributed by atoms with van der Waals surface area (Å²) in [5.41, 5.74) is 1.78. The van der Waals surface area contributed by atoms with E-state index in [1.807, 2.05) is 19.1 Å². The fourth-order valence-corrected chi connectivity index (χ4v) is 3.94. The fourth-order valence-electron chi connectivity index (χ4n) is 3.94. The maximum atomic E-state index is 13.1. The first-order chi connectivity index (χ1) is 13.5. The van der Waals surface area contributed by atoms with Gasteiger partial charge in [0.15, 0.2) is 5.78 Å². The number of ketones is 1. The van der Waals surface area contributed by atoms with E-state index in [1.165, 1.54) is 24.3 Å². The Hall–Kier alpha value is -2.60. The molecule has 2 aromatic rings. The molecule has 1 atom stereocenters. The van der Waals surface area contributed by atoms with Crippen LogP contribution in [0.2, 0.25) is 0 Å². The molecule has 0 spiro atoms. The van der Waals surface area contributed by atoms with Gasteiger partial charge in [-0.1, -0.05) is 19.1 Å². The number of nitrogens with one attached hydrogen (secondary N) is 1. The van der Waals surface area contributed by atoms with Gasteiger partial charge in [0.05, 0.1) is 11.0 Å². The van der Waals surface area contributed by atoms with Crippen molar-refractivity contribution in [1.82, 2.24) is 5.32 Å². The van der Waals surface area contributed by atoms with Crippen LogP contribution in [0.1, 0.15) is 60.9 Å². The highest BCUT2D eigenvalue weighted by Crippen LogP contribution is 2.34. The second kappa shape index (κ2) is 9.06. The van der Waals surface area contributed by atoms with Crippen molar-refractivity contribution in [3.05, 3.63) is 75.6 Å². The van der Waals surface area contributed by atoms with Gasteiger partial charge in [-0.3, -0.25) is 14.9 Å². The highest BCUT2D eigenvalue weighted by atomic mass is 19.1. The number of carbonyl (C=O) groups is 1. The second-order valence-electron chi connectivity index (χ2n) is 7.40. The number of benzene rings is 2. The molecular weight excluding hydrogens is 359 g/mol. The van der Waals surface area contributed by atoms with E-state index in [4.69, 9.17) is 0 Å². The first-order valence-electron chi connectivity index (χ1n) is 9.78. The van der Waals surface area contributed by atoms with E-state index < -0.39 is 0 Å². The molecule has 1 saturated carbocycles. The van der Waals surface area contributed by atoms with Crippen LogP contribution in [0.15, 0.2) is 48.5 Å². The summed E-state index contributed by atoms with van der Waals surface area (Å²) >= 11 is 0. The van der Waals surface area contributed by atoms with Crippen molar-refractivity contribution in [1.29, 1.82) is 0 Å². The number of nitrogens with zero attached hydrogens (tertiary/aromatic N) is 1. The first-order valence-corrected chi connectivity index (χ1v) is 9.78. The highest BCUT2D eigenvalue weighted by molar-refractivity contribution is 6.00. The van der Waals surface area contributed by atoms with Gasteiger partial charge < -0.3 is 5.32 Å². The van der Waals surface area contributed by atoms with E-state index in [0.717, 1.165) is 31.2 Å². The predicted molar refractivity (Wildman–Crippen MR) is 106 cm³/mol. The van der Waals surface area contributed by atoms with Crippen molar-refractivity contribution in [3.8, 4) is 0 Å². The van der Waals surface area contributed by atoms with Gasteiger partial charge in [0.2, 0.25) is 0 Å². The van der Waals surface area contributed by atoms with Gasteiger partial charge in [-0.25, -0.2) is 4.39 Å². The zero-order chi connectivity index (χ0) is 20.1. The molecule has 0 saturated heterocycles. The number of rotatable bonds is 7. The number of hydrogen-bond acceptors (Lipinski definition) is 4. The Balaban J connectivity index is 1.55. The van der Waals surface area contributed by atoms with Crippen LogP contribution in [-0.4, -0.2) is 22.8 Å². The maximum absolute atomic E-state index is 13.1. The Labute approximate surface area is 164 Å². The van der Waals surface area contributed by atoms with Gasteiger partial charge in [-0.2, -0.15) is 0 Å². The van der Waals surface area contributed by atoms with Crippen molar-refractivity contribution in [2.24, 2.45) is 0 Å². The van der Waals surface area contributed by atoms with Crippen LogP contribution in [0.3, 0.4) is 0 Å². The molecule has 0 aliphatic heterocycles. The molecule has 1 aliphatic carbocycles. The molecule has 3 rings (SSSR count). The smallest absolute Gasteiger partial charge is 0.269 e. The van der Waals surface area contributed by atoms with Crippen LogP contribution < -0.4 is 5.32 Å². The normalized spacial score (nSPS) is 20.5. The van der Waals surface area contributed by atoms with Crippen molar-refractivity contribution in [3.63, 3.8) is 0 Å². The molecule has 1 unspecified atom stereocenters. The average Bonchev–Trinajstić information content (AvgIpc) is 2.72. The van der Waals surface area contributed by atoms with Gasteiger partial charge in [-0.15, -0.1) is 0 Å². The molecule has 148 valence electrons. The minimum absolute atomic E-state index is 0.00000707. The lowest BCUT2D eigenvalue weighted by molar-refractivity contribution is -0.384. The molecule has 0 bridgehead atoms. The van der Waals surface area contributed by atoms with Crippen LogP contribution >= 0.6 is 0 Å². The Morgan fingerprint density at radius 2 is 1.71 bits per heavy atom. The van der Waals surface area contributed by atoms with Gasteiger partial charge in [0.25, 0.3) is 5.69 Å². The highest BCUT2D eigenvalue weighted by Gasteiger charge is 2.27. The zero-order valence-electron chi connectivity index (χ0n) is 15.9. The quantitative estimate of drug-likeness (QED) is 0.414. The monoisotopic (exact) mass is 384 g/mol. The minimum atomic E-state index is -0.381. The first kappa shape index (κ1) is 20.1. The van der Waals surface area contributed by atoms with E-state index in [1.54, 1.807) is 12.1 Å². The summed E-state index contributed by atoms with van der Waals surface area (Å²) in [7, 11) is 0. The SMILES string of the molecule is CCC(NC1CCC(c2ccc([N+](=O)[O-])cc2)CC1)C(=O)c1ccc(F)cc1. The molecule has 28 heavy (non-hydrogen) atoms. The number of non-ortho nitro benzene ring substituents is 1. The van der Waals surface area contributed by atoms with E-state index in [-0.39, 0.29) is 34.3 Å². The van der Waals surface area contributed by atoms with Crippen molar-refractivity contribution in [2.75, 3.05) is 0 Å². The second-order valence-corrected chi connectivity index (χ2v) is 7.40. The summed E-state index contributed by atoms with van der Waals surface area (Å²) in [5, 5.41) is 14.3. The third-order valence-electron chi connectivity index (χ3n) is 5.59. The third-order valence-corrected chi connectivity index (χ3v) is 5.59.